The number of hydrogen-bond donors (Lipinski definition) is 4. The van der Waals surface area contributed by atoms with Crippen LogP contribution in [0.3, 0.4) is 0 Å². The van der Waals surface area contributed by atoms with Crippen LogP contribution in [-0.4, -0.2) is 33.9 Å². The van der Waals surface area contributed by atoms with Crippen LogP contribution in [0.15, 0.2) is 16.8 Å². The molecule has 1 amide bonds. The summed E-state index contributed by atoms with van der Waals surface area (Å²) in [5, 5.41) is 25.2. The van der Waals surface area contributed by atoms with E-state index in [4.69, 9.17) is 11.5 Å². The molecule has 1 aromatic heterocycles. The van der Waals surface area contributed by atoms with E-state index in [1.807, 2.05) is 16.8 Å². The van der Waals surface area contributed by atoms with Crippen molar-refractivity contribution in [2.75, 3.05) is 0 Å². The Morgan fingerprint density at radius 3 is 2.65 bits per heavy atom. The number of nitrogens with two attached hydrogens (primary N) is 2. The lowest BCUT2D eigenvalue weighted by Crippen LogP contribution is -2.50. The summed E-state index contributed by atoms with van der Waals surface area (Å²) < 4.78 is 0. The van der Waals surface area contributed by atoms with Gasteiger partial charge in [0.15, 0.2) is 0 Å². The van der Waals surface area contributed by atoms with Crippen LogP contribution < -0.4 is 11.5 Å². The first-order valence-electron chi connectivity index (χ1n) is 8.28. The van der Waals surface area contributed by atoms with Gasteiger partial charge in [-0.15, -0.1) is 0 Å². The number of primary amides is 1. The Bertz CT molecular complexity index is 498. The standard InChI is InChI=1S/C17H28N2O3S/c1-11-2-5-17(22,6-3-11)13(16(19)21)9-15(20)14(18)8-12-4-7-23-10-12/h4,7,10-11,13-15,20,22H,2-3,5-6,8-9,18H2,1H3,(H2,19,21). The number of rotatable bonds is 7. The summed E-state index contributed by atoms with van der Waals surface area (Å²) in [5.41, 5.74) is 11.6. The Hall–Kier alpha value is -0.950. The first-order valence-corrected chi connectivity index (χ1v) is 9.22. The highest BCUT2D eigenvalue weighted by Gasteiger charge is 2.43. The summed E-state index contributed by atoms with van der Waals surface area (Å²) in [6, 6.07) is 1.50. The molecule has 1 fully saturated rings. The normalized spacial score (nSPS) is 29.0. The van der Waals surface area contributed by atoms with E-state index < -0.39 is 29.6 Å². The molecule has 2 rings (SSSR count). The van der Waals surface area contributed by atoms with Crippen LogP contribution >= 0.6 is 11.3 Å². The van der Waals surface area contributed by atoms with Gasteiger partial charge < -0.3 is 21.7 Å². The van der Waals surface area contributed by atoms with Gasteiger partial charge in [0.2, 0.25) is 5.91 Å². The number of hydrogen-bond acceptors (Lipinski definition) is 5. The van der Waals surface area contributed by atoms with Crippen LogP contribution in [0.1, 0.15) is 44.6 Å². The summed E-state index contributed by atoms with van der Waals surface area (Å²) in [6.45, 7) is 2.14. The molecule has 1 aliphatic rings. The highest BCUT2D eigenvalue weighted by Crippen LogP contribution is 2.39. The Balaban J connectivity index is 1.99. The minimum atomic E-state index is -1.11. The zero-order valence-electron chi connectivity index (χ0n) is 13.6. The van der Waals surface area contributed by atoms with Crippen molar-refractivity contribution in [2.45, 2.75) is 63.2 Å². The van der Waals surface area contributed by atoms with E-state index >= 15 is 0 Å². The predicted octanol–water partition coefficient (Wildman–Crippen LogP) is 1.41. The van der Waals surface area contributed by atoms with Gasteiger partial charge in [-0.25, -0.2) is 0 Å². The number of aliphatic hydroxyl groups is 2. The zero-order valence-corrected chi connectivity index (χ0v) is 14.5. The monoisotopic (exact) mass is 340 g/mol. The van der Waals surface area contributed by atoms with Gasteiger partial charge >= 0.3 is 0 Å². The third-order valence-corrected chi connectivity index (χ3v) is 5.89. The first-order chi connectivity index (χ1) is 10.8. The molecule has 0 aliphatic heterocycles. The second kappa shape index (κ2) is 7.75. The van der Waals surface area contributed by atoms with Crippen molar-refractivity contribution in [1.29, 1.82) is 0 Å². The molecular formula is C17H28N2O3S. The summed E-state index contributed by atoms with van der Waals surface area (Å²) in [5.74, 6) is -0.753. The Kier molecular flexibility index (Phi) is 6.19. The predicted molar refractivity (Wildman–Crippen MR) is 91.9 cm³/mol. The maximum Gasteiger partial charge on any atom is 0.223 e. The molecule has 3 atom stereocenters. The first kappa shape index (κ1) is 18.4. The number of thiophene rings is 1. The lowest BCUT2D eigenvalue weighted by molar-refractivity contribution is -0.138. The number of carbonyl (C=O) groups is 1. The fourth-order valence-electron chi connectivity index (χ4n) is 3.44. The fourth-order valence-corrected chi connectivity index (χ4v) is 4.13. The van der Waals surface area contributed by atoms with Crippen LogP contribution in [0.4, 0.5) is 0 Å². The van der Waals surface area contributed by atoms with Gasteiger partial charge in [0.1, 0.15) is 0 Å². The van der Waals surface area contributed by atoms with Crippen LogP contribution in [-0.2, 0) is 11.2 Å². The maximum atomic E-state index is 11.9. The van der Waals surface area contributed by atoms with Crippen LogP contribution in [0.25, 0.3) is 0 Å². The fraction of sp³-hybridized carbons (Fsp3) is 0.706. The Morgan fingerprint density at radius 1 is 1.48 bits per heavy atom. The minimum Gasteiger partial charge on any atom is -0.391 e. The highest BCUT2D eigenvalue weighted by atomic mass is 32.1. The number of carbonyl (C=O) groups excluding carboxylic acids is 1. The second-order valence-corrected chi connectivity index (χ2v) is 7.82. The van der Waals surface area contributed by atoms with E-state index in [9.17, 15) is 15.0 Å². The molecule has 6 N–H and O–H groups in total. The van der Waals surface area contributed by atoms with Crippen molar-refractivity contribution < 1.29 is 15.0 Å². The molecule has 1 saturated carbocycles. The summed E-state index contributed by atoms with van der Waals surface area (Å²) in [6.07, 6.45) is 2.64. The van der Waals surface area contributed by atoms with Crippen LogP contribution in [0, 0.1) is 11.8 Å². The number of amides is 1. The molecule has 6 heteroatoms. The van der Waals surface area contributed by atoms with Crippen LogP contribution in [0.5, 0.6) is 0 Å². The molecule has 0 aromatic carbocycles. The third-order valence-electron chi connectivity index (χ3n) is 5.16. The number of aliphatic hydroxyl groups excluding tert-OH is 1. The molecule has 1 aromatic rings. The van der Waals surface area contributed by atoms with Crippen molar-refractivity contribution in [3.05, 3.63) is 22.4 Å². The minimum absolute atomic E-state index is 0.117. The van der Waals surface area contributed by atoms with E-state index in [1.54, 1.807) is 11.3 Å². The molecule has 0 spiro atoms. The van der Waals surface area contributed by atoms with Gasteiger partial charge in [-0.05, 0) is 66.8 Å². The lowest BCUT2D eigenvalue weighted by Gasteiger charge is -2.40. The quantitative estimate of drug-likeness (QED) is 0.601. The molecule has 3 unspecified atom stereocenters. The van der Waals surface area contributed by atoms with Gasteiger partial charge in [-0.2, -0.15) is 11.3 Å². The van der Waals surface area contributed by atoms with E-state index in [0.717, 1.165) is 18.4 Å². The smallest absolute Gasteiger partial charge is 0.223 e. The third kappa shape index (κ3) is 4.76. The molecule has 130 valence electrons. The van der Waals surface area contributed by atoms with Gasteiger partial charge in [0, 0.05) is 6.04 Å². The molecule has 1 heterocycles. The lowest BCUT2D eigenvalue weighted by atomic mass is 9.70. The molecular weight excluding hydrogens is 312 g/mol. The van der Waals surface area contributed by atoms with E-state index in [2.05, 4.69) is 6.92 Å². The van der Waals surface area contributed by atoms with Gasteiger partial charge in [-0.1, -0.05) is 6.92 Å². The molecule has 0 saturated heterocycles. The molecule has 5 nitrogen and oxygen atoms in total. The second-order valence-electron chi connectivity index (χ2n) is 7.04. The molecule has 1 aliphatic carbocycles. The van der Waals surface area contributed by atoms with E-state index in [1.165, 1.54) is 0 Å². The van der Waals surface area contributed by atoms with Crippen molar-refractivity contribution in [3.8, 4) is 0 Å². The van der Waals surface area contributed by atoms with Gasteiger partial charge in [0.05, 0.1) is 17.6 Å². The zero-order chi connectivity index (χ0) is 17.0. The van der Waals surface area contributed by atoms with Gasteiger partial charge in [-0.3, -0.25) is 4.79 Å². The van der Waals surface area contributed by atoms with E-state index in [0.29, 0.717) is 25.2 Å². The van der Waals surface area contributed by atoms with Crippen molar-refractivity contribution in [3.63, 3.8) is 0 Å². The topological polar surface area (TPSA) is 110 Å². The van der Waals surface area contributed by atoms with Crippen molar-refractivity contribution in [1.82, 2.24) is 0 Å². The molecule has 0 bridgehead atoms. The summed E-state index contributed by atoms with van der Waals surface area (Å²) in [7, 11) is 0. The summed E-state index contributed by atoms with van der Waals surface area (Å²) in [4.78, 5) is 11.9. The Labute approximate surface area is 141 Å². The highest BCUT2D eigenvalue weighted by molar-refractivity contribution is 7.07. The molecule has 0 radical (unpaired) electrons. The SMILES string of the molecule is CC1CCC(O)(C(CC(O)C(N)Cc2ccsc2)C(N)=O)CC1. The van der Waals surface area contributed by atoms with Crippen LogP contribution in [0.2, 0.25) is 0 Å². The molecule has 23 heavy (non-hydrogen) atoms. The van der Waals surface area contributed by atoms with Crippen molar-refractivity contribution >= 4 is 17.2 Å². The van der Waals surface area contributed by atoms with Gasteiger partial charge in [0.25, 0.3) is 0 Å². The average Bonchev–Trinajstić information content (AvgIpc) is 3.00. The summed E-state index contributed by atoms with van der Waals surface area (Å²) >= 11 is 1.58. The largest absolute Gasteiger partial charge is 0.391 e. The maximum absolute atomic E-state index is 11.9. The van der Waals surface area contributed by atoms with E-state index in [-0.39, 0.29) is 6.42 Å². The van der Waals surface area contributed by atoms with Crippen molar-refractivity contribution in [2.24, 2.45) is 23.3 Å². The average molecular weight is 340 g/mol. The Morgan fingerprint density at radius 2 is 2.13 bits per heavy atom.